The Labute approximate surface area is 102 Å². The van der Waals surface area contributed by atoms with Crippen molar-refractivity contribution in [1.29, 1.82) is 0 Å². The molecule has 90 valence electrons. The van der Waals surface area contributed by atoms with Gasteiger partial charge in [0.25, 0.3) is 0 Å². The van der Waals surface area contributed by atoms with Gasteiger partial charge in [0, 0.05) is 17.5 Å². The minimum absolute atomic E-state index is 0.774. The van der Waals surface area contributed by atoms with E-state index in [0.717, 1.165) is 19.0 Å². The molecule has 2 nitrogen and oxygen atoms in total. The van der Waals surface area contributed by atoms with Crippen LogP contribution in [0.2, 0.25) is 0 Å². The van der Waals surface area contributed by atoms with E-state index in [2.05, 4.69) is 17.2 Å². The van der Waals surface area contributed by atoms with Crippen molar-refractivity contribution in [3.8, 4) is 0 Å². The zero-order chi connectivity index (χ0) is 11.2. The van der Waals surface area contributed by atoms with Gasteiger partial charge < -0.3 is 5.32 Å². The van der Waals surface area contributed by atoms with E-state index in [4.69, 9.17) is 0 Å². The molecule has 1 aromatic heterocycles. The number of rotatable bonds is 4. The highest BCUT2D eigenvalue weighted by molar-refractivity contribution is 7.09. The molecule has 16 heavy (non-hydrogen) atoms. The monoisotopic (exact) mass is 238 g/mol. The van der Waals surface area contributed by atoms with E-state index in [-0.39, 0.29) is 0 Å². The average Bonchev–Trinajstić information content (AvgIpc) is 2.55. The summed E-state index contributed by atoms with van der Waals surface area (Å²) in [6.07, 6.45) is 9.60. The van der Waals surface area contributed by atoms with Crippen molar-refractivity contribution in [2.24, 2.45) is 0 Å². The van der Waals surface area contributed by atoms with E-state index >= 15 is 0 Å². The summed E-state index contributed by atoms with van der Waals surface area (Å²) in [5, 5.41) is 3.71. The molecular formula is C13H22N2S. The lowest BCUT2D eigenvalue weighted by Gasteiger charge is -2.15. The van der Waals surface area contributed by atoms with Crippen molar-refractivity contribution < 1.29 is 0 Å². The molecule has 0 atom stereocenters. The highest BCUT2D eigenvalue weighted by Gasteiger charge is 2.11. The number of hydrogen-bond acceptors (Lipinski definition) is 3. The summed E-state index contributed by atoms with van der Waals surface area (Å²) in [5.41, 5.74) is 3.17. The molecule has 1 N–H and O–H groups in total. The number of nitrogens with one attached hydrogen (secondary N) is 1. The second kappa shape index (κ2) is 6.36. The summed E-state index contributed by atoms with van der Waals surface area (Å²) < 4.78 is 0. The first-order valence-corrected chi connectivity index (χ1v) is 7.36. The number of aromatic nitrogens is 1. The highest BCUT2D eigenvalue weighted by Crippen LogP contribution is 2.17. The minimum Gasteiger partial charge on any atom is -0.314 e. The van der Waals surface area contributed by atoms with Crippen LogP contribution in [-0.2, 0) is 6.42 Å². The van der Waals surface area contributed by atoms with Crippen LogP contribution in [0.4, 0.5) is 0 Å². The van der Waals surface area contributed by atoms with Crippen LogP contribution in [0.3, 0.4) is 0 Å². The molecule has 1 heterocycles. The van der Waals surface area contributed by atoms with E-state index in [1.165, 1.54) is 49.1 Å². The topological polar surface area (TPSA) is 24.9 Å². The summed E-state index contributed by atoms with van der Waals surface area (Å²) in [7, 11) is 0. The van der Waals surface area contributed by atoms with Gasteiger partial charge in [-0.25, -0.2) is 4.98 Å². The SMILES string of the molecule is Cc1ncsc1CCNC1CCCCCC1. The summed E-state index contributed by atoms with van der Waals surface area (Å²) in [6.45, 7) is 3.23. The van der Waals surface area contributed by atoms with E-state index < -0.39 is 0 Å². The molecule has 0 bridgehead atoms. The van der Waals surface area contributed by atoms with Gasteiger partial charge in [-0.15, -0.1) is 11.3 Å². The van der Waals surface area contributed by atoms with Gasteiger partial charge in [-0.05, 0) is 26.2 Å². The Bertz CT molecular complexity index is 301. The number of nitrogens with zero attached hydrogens (tertiary/aromatic N) is 1. The van der Waals surface area contributed by atoms with Gasteiger partial charge in [-0.2, -0.15) is 0 Å². The van der Waals surface area contributed by atoms with Crippen LogP contribution < -0.4 is 5.32 Å². The van der Waals surface area contributed by atoms with E-state index in [1.807, 2.05) is 5.51 Å². The summed E-state index contributed by atoms with van der Waals surface area (Å²) >= 11 is 1.79. The second-order valence-electron chi connectivity index (χ2n) is 4.75. The second-order valence-corrected chi connectivity index (χ2v) is 5.69. The maximum atomic E-state index is 4.29. The Morgan fingerprint density at radius 2 is 2.06 bits per heavy atom. The number of thiazole rings is 1. The van der Waals surface area contributed by atoms with Crippen molar-refractivity contribution in [2.75, 3.05) is 6.54 Å². The smallest absolute Gasteiger partial charge is 0.0797 e. The molecule has 3 heteroatoms. The fraction of sp³-hybridized carbons (Fsp3) is 0.769. The Balaban J connectivity index is 1.69. The first kappa shape index (κ1) is 12.1. The predicted molar refractivity (Wildman–Crippen MR) is 70.0 cm³/mol. The third kappa shape index (κ3) is 3.56. The molecule has 0 saturated heterocycles. The molecule has 0 radical (unpaired) electrons. The van der Waals surface area contributed by atoms with Crippen molar-refractivity contribution in [2.45, 2.75) is 57.9 Å². The standard InChI is InChI=1S/C13H22N2S/c1-11-13(16-10-15-11)8-9-14-12-6-4-2-3-5-7-12/h10,12,14H,2-9H2,1H3. The van der Waals surface area contributed by atoms with Gasteiger partial charge in [0.2, 0.25) is 0 Å². The molecular weight excluding hydrogens is 216 g/mol. The van der Waals surface area contributed by atoms with Crippen LogP contribution in [0.1, 0.15) is 49.1 Å². The van der Waals surface area contributed by atoms with Crippen LogP contribution in [0.5, 0.6) is 0 Å². The maximum absolute atomic E-state index is 4.29. The third-order valence-corrected chi connectivity index (χ3v) is 4.48. The highest BCUT2D eigenvalue weighted by atomic mass is 32.1. The van der Waals surface area contributed by atoms with Gasteiger partial charge in [-0.1, -0.05) is 25.7 Å². The molecule has 2 rings (SSSR count). The first-order chi connectivity index (χ1) is 7.86. The first-order valence-electron chi connectivity index (χ1n) is 6.48. The van der Waals surface area contributed by atoms with Crippen LogP contribution >= 0.6 is 11.3 Å². The molecule has 0 spiro atoms. The number of hydrogen-bond donors (Lipinski definition) is 1. The van der Waals surface area contributed by atoms with E-state index in [0.29, 0.717) is 0 Å². The molecule has 1 aliphatic rings. The van der Waals surface area contributed by atoms with Gasteiger partial charge in [0.1, 0.15) is 0 Å². The quantitative estimate of drug-likeness (QED) is 0.814. The maximum Gasteiger partial charge on any atom is 0.0797 e. The summed E-state index contributed by atoms with van der Waals surface area (Å²) in [5.74, 6) is 0. The van der Waals surface area contributed by atoms with Gasteiger partial charge >= 0.3 is 0 Å². The third-order valence-electron chi connectivity index (χ3n) is 3.49. The fourth-order valence-corrected chi connectivity index (χ4v) is 3.22. The van der Waals surface area contributed by atoms with E-state index in [9.17, 15) is 0 Å². The van der Waals surface area contributed by atoms with Crippen molar-refractivity contribution >= 4 is 11.3 Å². The molecule has 0 aromatic carbocycles. The molecule has 0 unspecified atom stereocenters. The van der Waals surface area contributed by atoms with Crippen LogP contribution in [0.15, 0.2) is 5.51 Å². The number of aryl methyl sites for hydroxylation is 1. The molecule has 1 aliphatic carbocycles. The van der Waals surface area contributed by atoms with Crippen LogP contribution in [0, 0.1) is 6.92 Å². The fourth-order valence-electron chi connectivity index (χ4n) is 2.44. The Morgan fingerprint density at radius 1 is 1.31 bits per heavy atom. The van der Waals surface area contributed by atoms with Crippen molar-refractivity contribution in [3.63, 3.8) is 0 Å². The molecule has 1 aromatic rings. The van der Waals surface area contributed by atoms with Crippen LogP contribution in [0.25, 0.3) is 0 Å². The Hall–Kier alpha value is -0.410. The summed E-state index contributed by atoms with van der Waals surface area (Å²) in [6, 6.07) is 0.774. The molecule has 0 aliphatic heterocycles. The lowest BCUT2D eigenvalue weighted by atomic mass is 10.1. The molecule has 1 saturated carbocycles. The Kier molecular flexibility index (Phi) is 4.79. The zero-order valence-corrected chi connectivity index (χ0v) is 11.0. The predicted octanol–water partition coefficient (Wildman–Crippen LogP) is 3.31. The van der Waals surface area contributed by atoms with Crippen molar-refractivity contribution in [3.05, 3.63) is 16.1 Å². The van der Waals surface area contributed by atoms with Gasteiger partial charge in [0.05, 0.1) is 11.2 Å². The van der Waals surface area contributed by atoms with Gasteiger partial charge in [-0.3, -0.25) is 0 Å². The molecule has 1 fully saturated rings. The zero-order valence-electron chi connectivity index (χ0n) is 10.2. The van der Waals surface area contributed by atoms with Gasteiger partial charge in [0.15, 0.2) is 0 Å². The van der Waals surface area contributed by atoms with E-state index in [1.54, 1.807) is 11.3 Å². The molecule has 0 amide bonds. The summed E-state index contributed by atoms with van der Waals surface area (Å²) in [4.78, 5) is 5.73. The largest absolute Gasteiger partial charge is 0.314 e. The van der Waals surface area contributed by atoms with Crippen LogP contribution in [-0.4, -0.2) is 17.6 Å². The normalized spacial score (nSPS) is 18.6. The average molecular weight is 238 g/mol. The lowest BCUT2D eigenvalue weighted by Crippen LogP contribution is -2.30. The Morgan fingerprint density at radius 3 is 2.69 bits per heavy atom. The minimum atomic E-state index is 0.774. The lowest BCUT2D eigenvalue weighted by molar-refractivity contribution is 0.463. The van der Waals surface area contributed by atoms with Crippen molar-refractivity contribution in [1.82, 2.24) is 10.3 Å².